The monoisotopic (exact) mass is 270 g/mol. The van der Waals surface area contributed by atoms with E-state index < -0.39 is 0 Å². The van der Waals surface area contributed by atoms with E-state index in [1.54, 1.807) is 0 Å². The van der Waals surface area contributed by atoms with E-state index >= 15 is 0 Å². The summed E-state index contributed by atoms with van der Waals surface area (Å²) in [5, 5.41) is 0. The molecule has 1 atom stereocenters. The second-order valence-electron chi connectivity index (χ2n) is 9.05. The van der Waals surface area contributed by atoms with E-state index in [2.05, 4.69) is 48.5 Å². The smallest absolute Gasteiger partial charge is 0.306 e. The zero-order valence-electron chi connectivity index (χ0n) is 14.5. The molecular weight excluding hydrogens is 236 g/mol. The summed E-state index contributed by atoms with van der Waals surface area (Å²) in [6, 6.07) is 0. The second kappa shape index (κ2) is 6.28. The van der Waals surface area contributed by atoms with Crippen molar-refractivity contribution >= 4 is 5.97 Å². The maximum Gasteiger partial charge on any atom is 0.306 e. The first-order valence-electron chi connectivity index (χ1n) is 7.42. The average Bonchev–Trinajstić information content (AvgIpc) is 1.89. The summed E-state index contributed by atoms with van der Waals surface area (Å²) in [5.74, 6) is 0.309. The van der Waals surface area contributed by atoms with Crippen LogP contribution < -0.4 is 0 Å². The summed E-state index contributed by atoms with van der Waals surface area (Å²) in [5.41, 5.74) is 0.0538. The summed E-state index contributed by atoms with van der Waals surface area (Å²) in [7, 11) is 0. The third-order valence-electron chi connectivity index (χ3n) is 2.82. The van der Waals surface area contributed by atoms with Gasteiger partial charge in [0, 0.05) is 6.42 Å². The van der Waals surface area contributed by atoms with Gasteiger partial charge >= 0.3 is 5.97 Å². The predicted octanol–water partition coefficient (Wildman–Crippen LogP) is 5.21. The molecule has 0 aromatic heterocycles. The van der Waals surface area contributed by atoms with E-state index in [9.17, 15) is 4.79 Å². The minimum atomic E-state index is -0.378. The number of carbonyl (C=O) groups excluding carboxylic acids is 1. The standard InChI is InChI=1S/C17H34O2/c1-13(11-15(2,3)4)10-14(18)19-17(8,9)12-16(5,6)7/h13H,10-12H2,1-9H3. The molecule has 0 heterocycles. The average molecular weight is 270 g/mol. The molecule has 0 spiro atoms. The van der Waals surface area contributed by atoms with Gasteiger partial charge in [-0.15, -0.1) is 0 Å². The Labute approximate surface area is 120 Å². The zero-order valence-corrected chi connectivity index (χ0v) is 14.5. The molecule has 0 aromatic rings. The lowest BCUT2D eigenvalue weighted by Crippen LogP contribution is -2.33. The first-order valence-corrected chi connectivity index (χ1v) is 7.42. The van der Waals surface area contributed by atoms with E-state index in [0.29, 0.717) is 12.3 Å². The molecule has 0 N–H and O–H groups in total. The quantitative estimate of drug-likeness (QED) is 0.641. The van der Waals surface area contributed by atoms with E-state index in [-0.39, 0.29) is 22.4 Å². The van der Waals surface area contributed by atoms with E-state index in [0.717, 1.165) is 12.8 Å². The highest BCUT2D eigenvalue weighted by Gasteiger charge is 2.29. The molecule has 0 aromatic carbocycles. The van der Waals surface area contributed by atoms with E-state index in [1.165, 1.54) is 0 Å². The third kappa shape index (κ3) is 11.0. The number of carbonyl (C=O) groups is 1. The first kappa shape index (κ1) is 18.5. The van der Waals surface area contributed by atoms with Crippen LogP contribution in [0.3, 0.4) is 0 Å². The van der Waals surface area contributed by atoms with Crippen molar-refractivity contribution in [2.75, 3.05) is 0 Å². The van der Waals surface area contributed by atoms with Gasteiger partial charge < -0.3 is 4.74 Å². The van der Waals surface area contributed by atoms with Crippen LogP contribution in [-0.2, 0) is 9.53 Å². The maximum absolute atomic E-state index is 12.0. The van der Waals surface area contributed by atoms with Crippen LogP contribution in [0.25, 0.3) is 0 Å². The summed E-state index contributed by atoms with van der Waals surface area (Å²) < 4.78 is 5.66. The van der Waals surface area contributed by atoms with E-state index in [4.69, 9.17) is 4.74 Å². The highest BCUT2D eigenvalue weighted by Crippen LogP contribution is 2.31. The molecular formula is C17H34O2. The fourth-order valence-corrected chi connectivity index (χ4v) is 3.07. The topological polar surface area (TPSA) is 26.3 Å². The fraction of sp³-hybridized carbons (Fsp3) is 0.941. The van der Waals surface area contributed by atoms with Crippen LogP contribution >= 0.6 is 0 Å². The lowest BCUT2D eigenvalue weighted by molar-refractivity contribution is -0.160. The van der Waals surface area contributed by atoms with Crippen LogP contribution in [0.2, 0.25) is 0 Å². The van der Waals surface area contributed by atoms with Gasteiger partial charge in [-0.25, -0.2) is 0 Å². The van der Waals surface area contributed by atoms with Gasteiger partial charge in [-0.3, -0.25) is 4.79 Å². The van der Waals surface area contributed by atoms with Gasteiger partial charge in [0.25, 0.3) is 0 Å². The van der Waals surface area contributed by atoms with Crippen molar-refractivity contribution in [3.63, 3.8) is 0 Å². The summed E-state index contributed by atoms with van der Waals surface area (Å²) >= 11 is 0. The number of esters is 1. The van der Waals surface area contributed by atoms with E-state index in [1.807, 2.05) is 13.8 Å². The Morgan fingerprint density at radius 3 is 1.79 bits per heavy atom. The van der Waals surface area contributed by atoms with Crippen LogP contribution in [0, 0.1) is 16.7 Å². The van der Waals surface area contributed by atoms with Gasteiger partial charge in [0.05, 0.1) is 0 Å². The van der Waals surface area contributed by atoms with Crippen molar-refractivity contribution in [2.24, 2.45) is 16.7 Å². The Kier molecular flexibility index (Phi) is 6.10. The van der Waals surface area contributed by atoms with Gasteiger partial charge in [-0.1, -0.05) is 48.5 Å². The third-order valence-corrected chi connectivity index (χ3v) is 2.82. The molecule has 2 heteroatoms. The molecule has 0 aliphatic rings. The fourth-order valence-electron chi connectivity index (χ4n) is 3.07. The van der Waals surface area contributed by atoms with Crippen LogP contribution in [0.4, 0.5) is 0 Å². The van der Waals surface area contributed by atoms with Crippen molar-refractivity contribution in [3.8, 4) is 0 Å². The van der Waals surface area contributed by atoms with Gasteiger partial charge in [0.2, 0.25) is 0 Å². The van der Waals surface area contributed by atoms with Crippen molar-refractivity contribution in [1.82, 2.24) is 0 Å². The Morgan fingerprint density at radius 2 is 1.42 bits per heavy atom. The predicted molar refractivity (Wildman–Crippen MR) is 82.1 cm³/mol. The summed E-state index contributed by atoms with van der Waals surface area (Å²) in [6.07, 6.45) is 2.44. The molecule has 1 unspecified atom stereocenters. The molecule has 0 saturated heterocycles. The molecule has 0 rings (SSSR count). The largest absolute Gasteiger partial charge is 0.460 e. The van der Waals surface area contributed by atoms with Crippen molar-refractivity contribution in [2.45, 2.75) is 87.2 Å². The minimum absolute atomic E-state index is 0.0639. The highest BCUT2D eigenvalue weighted by atomic mass is 16.6. The van der Waals surface area contributed by atoms with Gasteiger partial charge in [-0.2, -0.15) is 0 Å². The minimum Gasteiger partial charge on any atom is -0.460 e. The Balaban J connectivity index is 4.31. The zero-order chi connectivity index (χ0) is 15.5. The van der Waals surface area contributed by atoms with Crippen LogP contribution in [-0.4, -0.2) is 11.6 Å². The van der Waals surface area contributed by atoms with Crippen molar-refractivity contribution in [3.05, 3.63) is 0 Å². The van der Waals surface area contributed by atoms with Gasteiger partial charge in [0.1, 0.15) is 5.60 Å². The number of rotatable bonds is 5. The molecule has 0 saturated carbocycles. The lowest BCUT2D eigenvalue weighted by atomic mass is 9.83. The molecule has 0 fully saturated rings. The number of hydrogen-bond acceptors (Lipinski definition) is 2. The molecule has 0 aliphatic heterocycles. The molecule has 0 radical (unpaired) electrons. The summed E-state index contributed by atoms with van der Waals surface area (Å²) in [4.78, 5) is 12.0. The number of ether oxygens (including phenoxy) is 1. The van der Waals surface area contributed by atoms with Gasteiger partial charge in [-0.05, 0) is 43.4 Å². The van der Waals surface area contributed by atoms with Crippen molar-refractivity contribution in [1.29, 1.82) is 0 Å². The molecule has 114 valence electrons. The molecule has 0 aliphatic carbocycles. The number of hydrogen-bond donors (Lipinski definition) is 0. The lowest BCUT2D eigenvalue weighted by Gasteiger charge is -2.32. The molecule has 0 bridgehead atoms. The Hall–Kier alpha value is -0.530. The first-order chi connectivity index (χ1) is 8.20. The summed E-state index contributed by atoms with van der Waals surface area (Å²) in [6.45, 7) is 19.3. The van der Waals surface area contributed by atoms with Crippen LogP contribution in [0.1, 0.15) is 81.6 Å². The molecule has 19 heavy (non-hydrogen) atoms. The Morgan fingerprint density at radius 1 is 0.947 bits per heavy atom. The van der Waals surface area contributed by atoms with Crippen LogP contribution in [0.5, 0.6) is 0 Å². The van der Waals surface area contributed by atoms with Gasteiger partial charge in [0.15, 0.2) is 0 Å². The van der Waals surface area contributed by atoms with Crippen LogP contribution in [0.15, 0.2) is 0 Å². The molecule has 2 nitrogen and oxygen atoms in total. The van der Waals surface area contributed by atoms with Crippen molar-refractivity contribution < 1.29 is 9.53 Å². The normalized spacial score (nSPS) is 15.2. The highest BCUT2D eigenvalue weighted by molar-refractivity contribution is 5.70. The maximum atomic E-state index is 12.0. The SMILES string of the molecule is CC(CC(=O)OC(C)(C)CC(C)(C)C)CC(C)(C)C. The molecule has 0 amide bonds. The Bertz CT molecular complexity index is 289. The second-order valence-corrected chi connectivity index (χ2v) is 9.05.